The van der Waals surface area contributed by atoms with Crippen molar-refractivity contribution in [2.45, 2.75) is 58.0 Å². The van der Waals surface area contributed by atoms with E-state index < -0.39 is 42.4 Å². The molecule has 2 bridgehead atoms. The molecule has 1 aromatic carbocycles. The van der Waals surface area contributed by atoms with Gasteiger partial charge in [-0.25, -0.2) is 19.3 Å². The van der Waals surface area contributed by atoms with Crippen LogP contribution in [-0.4, -0.2) is 116 Å². The lowest BCUT2D eigenvalue weighted by molar-refractivity contribution is -0.191. The summed E-state index contributed by atoms with van der Waals surface area (Å²) >= 11 is 0. The monoisotopic (exact) mass is 862 g/mol. The number of ether oxygens (including phenoxy) is 4. The molecule has 5 aliphatic rings. The van der Waals surface area contributed by atoms with Gasteiger partial charge in [0.1, 0.15) is 25.3 Å². The number of pyridine rings is 2. The van der Waals surface area contributed by atoms with Gasteiger partial charge in [-0.15, -0.1) is 5.10 Å². The average Bonchev–Trinajstić information content (AvgIpc) is 4.12. The number of carbonyl (C=O) groups excluding carboxylic acids is 6. The normalized spacial score (nSPS) is 22.5. The number of rotatable bonds is 17. The Morgan fingerprint density at radius 1 is 1.02 bits per heavy atom. The zero-order valence-corrected chi connectivity index (χ0v) is 34.8. The lowest BCUT2D eigenvalue weighted by Crippen LogP contribution is -2.48. The number of allylic oxidation sites excluding steroid dienone is 2. The number of cyclic esters (lactones) is 1. The summed E-state index contributed by atoms with van der Waals surface area (Å²) in [4.78, 5) is 101. The minimum atomic E-state index is -1.89. The van der Waals surface area contributed by atoms with Gasteiger partial charge in [-0.05, 0) is 42.9 Å². The number of aromatic nitrogens is 5. The summed E-state index contributed by atoms with van der Waals surface area (Å²) in [5, 5.41) is 11.9. The molecule has 328 valence electrons. The molecule has 4 aromatic rings. The number of nitrogens with zero attached hydrogens (tertiary/aromatic N) is 7. The van der Waals surface area contributed by atoms with Crippen molar-refractivity contribution in [2.24, 2.45) is 23.7 Å². The van der Waals surface area contributed by atoms with E-state index in [9.17, 15) is 33.6 Å². The molecule has 1 N–H and O–H groups in total. The molecular weight excluding hydrogens is 817 g/mol. The maximum atomic E-state index is 13.9. The van der Waals surface area contributed by atoms with E-state index in [1.807, 2.05) is 42.5 Å². The smallest absolute Gasteiger partial charge is 0.355 e. The number of benzene rings is 1. The minimum Gasteiger partial charge on any atom is -0.457 e. The zero-order chi connectivity index (χ0) is 44.0. The first-order valence-electron chi connectivity index (χ1n) is 21.1. The Bertz CT molecular complexity index is 2610. The Labute approximate surface area is 360 Å². The number of methoxy groups -OCH3 is 1. The third-order valence-corrected chi connectivity index (χ3v) is 12.7. The summed E-state index contributed by atoms with van der Waals surface area (Å²) in [5.74, 6) is -3.78. The molecule has 5 atom stereocenters. The molecule has 4 unspecified atom stereocenters. The summed E-state index contributed by atoms with van der Waals surface area (Å²) < 4.78 is 25.0. The fraction of sp³-hybridized carbons (Fsp3) is 0.455. The molecule has 0 radical (unpaired) electrons. The van der Waals surface area contributed by atoms with Crippen molar-refractivity contribution in [3.8, 4) is 11.4 Å². The number of fused-ring (bicyclic) bond motifs is 10. The molecule has 19 nitrogen and oxygen atoms in total. The van der Waals surface area contributed by atoms with Gasteiger partial charge in [0.15, 0.2) is 0 Å². The second-order valence-electron chi connectivity index (χ2n) is 16.4. The summed E-state index contributed by atoms with van der Waals surface area (Å²) in [5.41, 5.74) is 1.36. The number of hydrogen-bond acceptors (Lipinski definition) is 14. The Morgan fingerprint density at radius 2 is 1.79 bits per heavy atom. The molecular formula is C44H46N8O11. The molecule has 9 rings (SSSR count). The number of hydrogen-bond donors (Lipinski definition) is 1. The summed E-state index contributed by atoms with van der Waals surface area (Å²) in [6, 6.07) is 11.3. The van der Waals surface area contributed by atoms with Crippen LogP contribution >= 0.6 is 0 Å². The van der Waals surface area contributed by atoms with Gasteiger partial charge in [-0.1, -0.05) is 42.5 Å². The maximum absolute atomic E-state index is 13.9. The van der Waals surface area contributed by atoms with Crippen molar-refractivity contribution in [2.75, 3.05) is 46.6 Å². The Balaban J connectivity index is 0.826. The van der Waals surface area contributed by atoms with Crippen LogP contribution < -0.4 is 10.9 Å². The van der Waals surface area contributed by atoms with Crippen LogP contribution in [0.2, 0.25) is 0 Å². The molecule has 6 heterocycles. The number of esters is 2. The molecule has 1 saturated carbocycles. The topological polar surface area (TPSA) is 223 Å². The highest BCUT2D eigenvalue weighted by atomic mass is 16.6. The molecule has 0 spiro atoms. The van der Waals surface area contributed by atoms with Crippen molar-refractivity contribution in [1.29, 1.82) is 0 Å². The van der Waals surface area contributed by atoms with Gasteiger partial charge < -0.3 is 33.7 Å². The maximum Gasteiger partial charge on any atom is 0.355 e. The van der Waals surface area contributed by atoms with Crippen LogP contribution in [0.1, 0.15) is 48.6 Å². The van der Waals surface area contributed by atoms with E-state index in [-0.39, 0.29) is 111 Å². The highest BCUT2D eigenvalue weighted by Gasteiger charge is 2.59. The average molecular weight is 863 g/mol. The van der Waals surface area contributed by atoms with E-state index in [0.29, 0.717) is 23.6 Å². The lowest BCUT2D eigenvalue weighted by atomic mass is 9.85. The molecule has 1 saturated heterocycles. The van der Waals surface area contributed by atoms with E-state index in [1.165, 1.54) is 21.6 Å². The van der Waals surface area contributed by atoms with E-state index in [1.54, 1.807) is 23.8 Å². The largest absolute Gasteiger partial charge is 0.457 e. The first-order valence-corrected chi connectivity index (χ1v) is 21.1. The highest BCUT2D eigenvalue weighted by molar-refractivity contribution is 6.06. The van der Waals surface area contributed by atoms with Gasteiger partial charge in [0.25, 0.3) is 5.56 Å². The van der Waals surface area contributed by atoms with Crippen LogP contribution in [0.3, 0.4) is 0 Å². The van der Waals surface area contributed by atoms with Gasteiger partial charge in [-0.3, -0.25) is 28.9 Å². The third kappa shape index (κ3) is 7.58. The van der Waals surface area contributed by atoms with Crippen LogP contribution in [0.4, 0.5) is 0 Å². The molecule has 3 aliphatic heterocycles. The molecule has 2 aliphatic carbocycles. The minimum absolute atomic E-state index is 0.00465. The number of imide groups is 1. The summed E-state index contributed by atoms with van der Waals surface area (Å²) in [6.45, 7) is 1.69. The van der Waals surface area contributed by atoms with Crippen LogP contribution in [0, 0.1) is 23.7 Å². The number of nitrogens with one attached hydrogen (secondary N) is 1. The van der Waals surface area contributed by atoms with Crippen molar-refractivity contribution in [1.82, 2.24) is 39.7 Å². The van der Waals surface area contributed by atoms with Gasteiger partial charge in [-0.2, -0.15) is 0 Å². The van der Waals surface area contributed by atoms with Crippen molar-refractivity contribution < 1.29 is 47.7 Å². The Kier molecular flexibility index (Phi) is 11.2. The Morgan fingerprint density at radius 3 is 2.56 bits per heavy atom. The predicted octanol–water partition coefficient (Wildman–Crippen LogP) is 1.23. The predicted molar refractivity (Wildman–Crippen MR) is 219 cm³/mol. The number of carbonyl (C=O) groups is 6. The second-order valence-corrected chi connectivity index (χ2v) is 16.4. The van der Waals surface area contributed by atoms with E-state index in [0.717, 1.165) is 22.9 Å². The fourth-order valence-electron chi connectivity index (χ4n) is 9.64. The van der Waals surface area contributed by atoms with Crippen LogP contribution in [0.25, 0.3) is 22.3 Å². The molecule has 63 heavy (non-hydrogen) atoms. The SMILES string of the molecule is CC[C@@]1(OC(=O)COCCn2cc(CN(CCN3C(=O)C4C5C=CC(C5)C4C3=O)C(=O)CC(=O)NCCOC)nn2)C(=O)OCc2c1cc1n(c2=O)Cc2cc3ccccc3nc2-1. The quantitative estimate of drug-likeness (QED) is 0.0457. The first kappa shape index (κ1) is 41.7. The molecule has 3 aromatic heterocycles. The number of para-hydroxylation sites is 1. The summed E-state index contributed by atoms with van der Waals surface area (Å²) in [6.07, 6.45) is 5.94. The van der Waals surface area contributed by atoms with E-state index >= 15 is 0 Å². The van der Waals surface area contributed by atoms with Crippen molar-refractivity contribution in [3.63, 3.8) is 0 Å². The van der Waals surface area contributed by atoms with Gasteiger partial charge in [0.05, 0.1) is 73.3 Å². The third-order valence-electron chi connectivity index (χ3n) is 12.7. The van der Waals surface area contributed by atoms with Crippen LogP contribution in [0.15, 0.2) is 59.5 Å². The zero-order valence-electron chi connectivity index (χ0n) is 34.8. The van der Waals surface area contributed by atoms with E-state index in [2.05, 4.69) is 15.6 Å². The highest BCUT2D eigenvalue weighted by Crippen LogP contribution is 2.52. The van der Waals surface area contributed by atoms with Gasteiger partial charge in [0.2, 0.25) is 29.2 Å². The standard InChI is InChI=1S/C44H46N8O11/c1-3-44(31-18-33-39-28(16-25-6-4-5-7-32(25)46-39)20-52(33)40(56)30(31)23-62-43(44)59)63-36(55)24-61-15-13-50-22-29(47-48-50)21-49(35(54)19-34(53)45-10-14-60-2)11-12-51-41(57)37-26-8-9-27(17-26)38(37)42(51)58/h4-9,16,18,22,26-27,37-38H,3,10-15,17,19-21,23-24H2,1-2H3,(H,45,53)/t26?,27?,37?,38?,44-/m0/s1. The lowest BCUT2D eigenvalue weighted by Gasteiger charge is -2.35. The second kappa shape index (κ2) is 16.9. The van der Waals surface area contributed by atoms with Crippen molar-refractivity contribution in [3.05, 3.63) is 87.5 Å². The number of amides is 4. The first-order chi connectivity index (χ1) is 30.5. The number of likely N-dealkylation sites (tertiary alicyclic amines) is 1. The van der Waals surface area contributed by atoms with Gasteiger partial charge in [0, 0.05) is 43.3 Å². The van der Waals surface area contributed by atoms with Crippen LogP contribution in [0.5, 0.6) is 0 Å². The van der Waals surface area contributed by atoms with E-state index in [4.69, 9.17) is 23.9 Å². The van der Waals surface area contributed by atoms with Gasteiger partial charge >= 0.3 is 11.9 Å². The molecule has 2 fully saturated rings. The molecule has 19 heteroatoms. The van der Waals surface area contributed by atoms with Crippen LogP contribution in [-0.2, 0) is 79.6 Å². The Hall–Kier alpha value is -6.60. The molecule has 4 amide bonds. The van der Waals surface area contributed by atoms with Crippen molar-refractivity contribution >= 4 is 46.5 Å². The summed E-state index contributed by atoms with van der Waals surface area (Å²) in [7, 11) is 1.49. The fourth-order valence-corrected chi connectivity index (χ4v) is 9.64.